The molecule has 0 atom stereocenters. The maximum absolute atomic E-state index is 5.55. The molecule has 0 radical (unpaired) electrons. The number of aromatic nitrogens is 3. The smallest absolute Gasteiger partial charge is 0.192 e. The van der Waals surface area contributed by atoms with Crippen LogP contribution in [0.5, 0.6) is 0 Å². The number of aromatic amines is 1. The lowest BCUT2D eigenvalue weighted by Crippen LogP contribution is -2.06. The van der Waals surface area contributed by atoms with Gasteiger partial charge in [-0.1, -0.05) is 6.07 Å². The van der Waals surface area contributed by atoms with Crippen LogP contribution < -0.4 is 5.32 Å². The van der Waals surface area contributed by atoms with E-state index in [1.165, 1.54) is 0 Å². The monoisotopic (exact) mass is 320 g/mol. The van der Waals surface area contributed by atoms with Crippen molar-refractivity contribution in [2.75, 3.05) is 7.05 Å². The van der Waals surface area contributed by atoms with Crippen molar-refractivity contribution in [3.8, 4) is 11.3 Å². The lowest BCUT2D eigenvalue weighted by molar-refractivity contribution is 0.561. The van der Waals surface area contributed by atoms with Gasteiger partial charge in [0.25, 0.3) is 0 Å². The second-order valence-corrected chi connectivity index (χ2v) is 5.08. The molecule has 0 spiro atoms. The van der Waals surface area contributed by atoms with Crippen molar-refractivity contribution in [3.05, 3.63) is 34.5 Å². The number of benzene rings is 1. The van der Waals surface area contributed by atoms with Crippen LogP contribution in [-0.2, 0) is 6.54 Å². The molecular weight excluding hydrogens is 308 g/mol. The molecule has 0 bridgehead atoms. The van der Waals surface area contributed by atoms with Crippen LogP contribution in [0.15, 0.2) is 27.2 Å². The van der Waals surface area contributed by atoms with Gasteiger partial charge in [0.05, 0.1) is 6.54 Å². The van der Waals surface area contributed by atoms with Crippen molar-refractivity contribution in [2.24, 2.45) is 0 Å². The summed E-state index contributed by atoms with van der Waals surface area (Å²) in [6.45, 7) is 2.54. The first kappa shape index (κ1) is 12.4. The lowest BCUT2D eigenvalue weighted by atomic mass is 10.1. The number of imidazole rings is 1. The van der Waals surface area contributed by atoms with Gasteiger partial charge in [-0.05, 0) is 35.1 Å². The SMILES string of the molecule is CNCc1nc(-c2ccc3nc(C)oc3c2)c(Br)[nH]1. The highest BCUT2D eigenvalue weighted by atomic mass is 79.9. The van der Waals surface area contributed by atoms with Crippen LogP contribution in [0.1, 0.15) is 11.7 Å². The van der Waals surface area contributed by atoms with Crippen LogP contribution in [0.2, 0.25) is 0 Å². The van der Waals surface area contributed by atoms with Crippen LogP contribution in [0, 0.1) is 6.92 Å². The number of H-pyrrole nitrogens is 1. The van der Waals surface area contributed by atoms with Gasteiger partial charge >= 0.3 is 0 Å². The molecule has 5 nitrogen and oxygen atoms in total. The Morgan fingerprint density at radius 1 is 1.37 bits per heavy atom. The van der Waals surface area contributed by atoms with Gasteiger partial charge in [0, 0.05) is 12.5 Å². The minimum absolute atomic E-state index is 0.670. The van der Waals surface area contributed by atoms with E-state index in [-0.39, 0.29) is 0 Å². The molecule has 19 heavy (non-hydrogen) atoms. The molecule has 0 saturated heterocycles. The predicted octanol–water partition coefficient (Wildman–Crippen LogP) is 3.01. The zero-order chi connectivity index (χ0) is 13.4. The number of hydrogen-bond acceptors (Lipinski definition) is 4. The second kappa shape index (κ2) is 4.79. The normalized spacial score (nSPS) is 11.3. The van der Waals surface area contributed by atoms with Gasteiger partial charge in [0.15, 0.2) is 11.5 Å². The number of halogens is 1. The molecule has 3 aromatic rings. The summed E-state index contributed by atoms with van der Waals surface area (Å²) in [5.41, 5.74) is 3.51. The van der Waals surface area contributed by atoms with E-state index < -0.39 is 0 Å². The van der Waals surface area contributed by atoms with Gasteiger partial charge in [0.1, 0.15) is 21.6 Å². The van der Waals surface area contributed by atoms with E-state index in [0.717, 1.165) is 32.8 Å². The fraction of sp³-hybridized carbons (Fsp3) is 0.231. The van der Waals surface area contributed by atoms with E-state index in [1.54, 1.807) is 0 Å². The maximum Gasteiger partial charge on any atom is 0.192 e. The maximum atomic E-state index is 5.55. The Balaban J connectivity index is 2.07. The van der Waals surface area contributed by atoms with Gasteiger partial charge in [-0.15, -0.1) is 0 Å². The summed E-state index contributed by atoms with van der Waals surface area (Å²) in [5.74, 6) is 1.56. The zero-order valence-electron chi connectivity index (χ0n) is 10.6. The molecular formula is C13H13BrN4O. The Labute approximate surface area is 118 Å². The lowest BCUT2D eigenvalue weighted by Gasteiger charge is -1.97. The van der Waals surface area contributed by atoms with Gasteiger partial charge in [0.2, 0.25) is 0 Å². The molecule has 0 unspecified atom stereocenters. The standard InChI is InChI=1S/C13H13BrN4O/c1-7-16-9-4-3-8(5-10(9)19-7)12-13(14)18-11(17-12)6-15-2/h3-5,15H,6H2,1-2H3,(H,17,18). The summed E-state index contributed by atoms with van der Waals surface area (Å²) in [7, 11) is 1.89. The Bertz CT molecular complexity index is 731. The quantitative estimate of drug-likeness (QED) is 0.778. The number of oxazole rings is 1. The van der Waals surface area contributed by atoms with Crippen molar-refractivity contribution >= 4 is 27.0 Å². The average molecular weight is 321 g/mol. The molecule has 0 aliphatic rings. The van der Waals surface area contributed by atoms with E-state index in [1.807, 2.05) is 32.2 Å². The molecule has 3 rings (SSSR count). The van der Waals surface area contributed by atoms with Gasteiger partial charge in [-0.25, -0.2) is 9.97 Å². The Kier molecular flexibility index (Phi) is 3.12. The number of rotatable bonds is 3. The van der Waals surface area contributed by atoms with Crippen molar-refractivity contribution < 1.29 is 4.42 Å². The Hall–Kier alpha value is -1.66. The first-order valence-corrected chi connectivity index (χ1v) is 6.73. The van der Waals surface area contributed by atoms with E-state index >= 15 is 0 Å². The summed E-state index contributed by atoms with van der Waals surface area (Å²) in [4.78, 5) is 12.0. The highest BCUT2D eigenvalue weighted by Gasteiger charge is 2.12. The molecule has 0 saturated carbocycles. The summed E-state index contributed by atoms with van der Waals surface area (Å²) < 4.78 is 6.42. The minimum Gasteiger partial charge on any atom is -0.441 e. The largest absolute Gasteiger partial charge is 0.441 e. The predicted molar refractivity (Wildman–Crippen MR) is 76.8 cm³/mol. The number of nitrogens with one attached hydrogen (secondary N) is 2. The summed E-state index contributed by atoms with van der Waals surface area (Å²) >= 11 is 3.50. The van der Waals surface area contributed by atoms with Crippen LogP contribution in [0.3, 0.4) is 0 Å². The highest BCUT2D eigenvalue weighted by molar-refractivity contribution is 9.10. The zero-order valence-corrected chi connectivity index (χ0v) is 12.2. The molecule has 2 heterocycles. The topological polar surface area (TPSA) is 66.7 Å². The third-order valence-corrected chi connectivity index (χ3v) is 3.40. The van der Waals surface area contributed by atoms with E-state index in [0.29, 0.717) is 12.4 Å². The van der Waals surface area contributed by atoms with E-state index in [4.69, 9.17) is 4.42 Å². The Morgan fingerprint density at radius 3 is 3.00 bits per heavy atom. The highest BCUT2D eigenvalue weighted by Crippen LogP contribution is 2.29. The second-order valence-electron chi connectivity index (χ2n) is 4.29. The van der Waals surface area contributed by atoms with Gasteiger partial charge in [-0.3, -0.25) is 0 Å². The molecule has 2 N–H and O–H groups in total. The van der Waals surface area contributed by atoms with Crippen LogP contribution >= 0.6 is 15.9 Å². The number of nitrogens with zero attached hydrogens (tertiary/aromatic N) is 2. The molecule has 0 amide bonds. The van der Waals surface area contributed by atoms with Crippen molar-refractivity contribution in [1.82, 2.24) is 20.3 Å². The van der Waals surface area contributed by atoms with Crippen molar-refractivity contribution in [1.29, 1.82) is 0 Å². The fourth-order valence-corrected chi connectivity index (χ4v) is 2.57. The molecule has 0 fully saturated rings. The van der Waals surface area contributed by atoms with E-state index in [9.17, 15) is 0 Å². The first-order valence-electron chi connectivity index (χ1n) is 5.94. The van der Waals surface area contributed by atoms with Crippen molar-refractivity contribution in [3.63, 3.8) is 0 Å². The van der Waals surface area contributed by atoms with Crippen LogP contribution in [0.25, 0.3) is 22.4 Å². The number of hydrogen-bond donors (Lipinski definition) is 2. The van der Waals surface area contributed by atoms with Crippen molar-refractivity contribution in [2.45, 2.75) is 13.5 Å². The molecule has 1 aromatic carbocycles. The van der Waals surface area contributed by atoms with Gasteiger partial charge in [-0.2, -0.15) is 0 Å². The number of aryl methyl sites for hydroxylation is 1. The minimum atomic E-state index is 0.670. The summed E-state index contributed by atoms with van der Waals surface area (Å²) in [5, 5.41) is 3.07. The van der Waals surface area contributed by atoms with E-state index in [2.05, 4.69) is 36.2 Å². The average Bonchev–Trinajstić information content (AvgIpc) is 2.90. The first-order chi connectivity index (χ1) is 9.17. The Morgan fingerprint density at radius 2 is 2.21 bits per heavy atom. The molecule has 6 heteroatoms. The fourth-order valence-electron chi connectivity index (χ4n) is 2.03. The molecule has 0 aliphatic heterocycles. The molecule has 98 valence electrons. The molecule has 2 aromatic heterocycles. The van der Waals surface area contributed by atoms with Crippen LogP contribution in [0.4, 0.5) is 0 Å². The summed E-state index contributed by atoms with van der Waals surface area (Å²) in [6.07, 6.45) is 0. The van der Waals surface area contributed by atoms with Gasteiger partial charge < -0.3 is 14.7 Å². The third-order valence-electron chi connectivity index (χ3n) is 2.82. The third kappa shape index (κ3) is 2.29. The summed E-state index contributed by atoms with van der Waals surface area (Å²) in [6, 6.07) is 5.90. The van der Waals surface area contributed by atoms with Crippen LogP contribution in [-0.4, -0.2) is 22.0 Å². The molecule has 0 aliphatic carbocycles. The number of fused-ring (bicyclic) bond motifs is 1.